The van der Waals surface area contributed by atoms with Gasteiger partial charge in [0.25, 0.3) is 0 Å². The molecule has 156 valence electrons. The van der Waals surface area contributed by atoms with E-state index in [0.29, 0.717) is 5.75 Å². The molecule has 0 spiro atoms. The number of methoxy groups -OCH3 is 1. The smallest absolute Gasteiger partial charge is 0.437 e. The summed E-state index contributed by atoms with van der Waals surface area (Å²) in [5.41, 5.74) is -2.01. The molecule has 3 aromatic rings. The van der Waals surface area contributed by atoms with Crippen LogP contribution in [0, 0.1) is 0 Å². The van der Waals surface area contributed by atoms with Crippen molar-refractivity contribution in [2.75, 3.05) is 13.7 Å². The lowest BCUT2D eigenvalue weighted by Gasteiger charge is -2.07. The zero-order valence-corrected chi connectivity index (χ0v) is 16.1. The van der Waals surface area contributed by atoms with Crippen molar-refractivity contribution in [2.45, 2.75) is 13.1 Å². The molecule has 0 N–H and O–H groups in total. The maximum Gasteiger partial charge on any atom is 0.437 e. The third-order valence-electron chi connectivity index (χ3n) is 3.94. The number of esters is 1. The second-order valence-electron chi connectivity index (χ2n) is 5.91. The van der Waals surface area contributed by atoms with Crippen molar-refractivity contribution in [1.29, 1.82) is 0 Å². The van der Waals surface area contributed by atoms with E-state index in [4.69, 9.17) is 9.47 Å². The molecular formula is C20H17F3N4O3. The molecule has 10 heteroatoms. The highest BCUT2D eigenvalue weighted by molar-refractivity contribution is 5.94. The Hall–Kier alpha value is -3.69. The number of ether oxygens (including phenoxy) is 2. The van der Waals surface area contributed by atoms with Gasteiger partial charge in [-0.2, -0.15) is 23.4 Å². The van der Waals surface area contributed by atoms with Crippen LogP contribution >= 0.6 is 0 Å². The van der Waals surface area contributed by atoms with Crippen LogP contribution in [0.3, 0.4) is 0 Å². The van der Waals surface area contributed by atoms with Crippen LogP contribution in [-0.2, 0) is 10.9 Å². The first-order valence-electron chi connectivity index (χ1n) is 8.83. The number of hydrogen-bond acceptors (Lipinski definition) is 6. The molecule has 7 nitrogen and oxygen atoms in total. The van der Waals surface area contributed by atoms with E-state index in [-0.39, 0.29) is 18.0 Å². The summed E-state index contributed by atoms with van der Waals surface area (Å²) in [6.45, 7) is 1.51. The molecule has 0 unspecified atom stereocenters. The van der Waals surface area contributed by atoms with Gasteiger partial charge in [-0.1, -0.05) is 18.2 Å². The number of nitrogens with zero attached hydrogens (tertiary/aromatic N) is 4. The lowest BCUT2D eigenvalue weighted by molar-refractivity contribution is -0.140. The van der Waals surface area contributed by atoms with Crippen LogP contribution in [0.5, 0.6) is 5.75 Å². The van der Waals surface area contributed by atoms with Gasteiger partial charge >= 0.3 is 12.1 Å². The standard InChI is InChI=1S/C20H17F3N4O3/c1-3-30-19(28)17-16(25-24-13-9-11-15(29-2)12-10-13)18(20(21,22)23)26-27(17)14-7-5-4-6-8-14/h4-12H,3H2,1-2H3. The van der Waals surface area contributed by atoms with E-state index in [9.17, 15) is 18.0 Å². The number of alkyl halides is 3. The van der Waals surface area contributed by atoms with E-state index >= 15 is 0 Å². The molecule has 0 saturated heterocycles. The number of aromatic nitrogens is 2. The molecule has 0 aliphatic carbocycles. The van der Waals surface area contributed by atoms with Gasteiger partial charge in [-0.15, -0.1) is 5.11 Å². The molecule has 0 bridgehead atoms. The number of rotatable bonds is 6. The minimum absolute atomic E-state index is 0.0325. The second-order valence-corrected chi connectivity index (χ2v) is 5.91. The summed E-state index contributed by atoms with van der Waals surface area (Å²) in [5.74, 6) is -0.443. The van der Waals surface area contributed by atoms with Crippen LogP contribution in [-0.4, -0.2) is 29.5 Å². The van der Waals surface area contributed by atoms with Gasteiger partial charge in [-0.3, -0.25) is 0 Å². The fourth-order valence-electron chi connectivity index (χ4n) is 2.59. The summed E-state index contributed by atoms with van der Waals surface area (Å²) in [6.07, 6.45) is -4.87. The van der Waals surface area contributed by atoms with Crippen molar-refractivity contribution in [2.24, 2.45) is 10.2 Å². The van der Waals surface area contributed by atoms with Crippen LogP contribution in [0.25, 0.3) is 5.69 Å². The SMILES string of the molecule is CCOC(=O)c1c(N=Nc2ccc(OC)cc2)c(C(F)(F)F)nn1-c1ccccc1. The number of carbonyl (C=O) groups is 1. The summed E-state index contributed by atoms with van der Waals surface area (Å²) in [5, 5.41) is 11.2. The van der Waals surface area contributed by atoms with Gasteiger partial charge in [0.1, 0.15) is 5.75 Å². The summed E-state index contributed by atoms with van der Waals surface area (Å²) < 4.78 is 51.9. The Balaban J connectivity index is 2.18. The predicted molar refractivity (Wildman–Crippen MR) is 102 cm³/mol. The number of benzene rings is 2. The maximum absolute atomic E-state index is 13.7. The van der Waals surface area contributed by atoms with E-state index in [1.807, 2.05) is 0 Å². The lowest BCUT2D eigenvalue weighted by Crippen LogP contribution is -2.12. The molecule has 1 heterocycles. The number of para-hydroxylation sites is 1. The number of hydrogen-bond donors (Lipinski definition) is 0. The van der Waals surface area contributed by atoms with Gasteiger partial charge in [0.2, 0.25) is 0 Å². The second kappa shape index (κ2) is 8.76. The van der Waals surface area contributed by atoms with E-state index in [1.54, 1.807) is 37.3 Å². The third-order valence-corrected chi connectivity index (χ3v) is 3.94. The van der Waals surface area contributed by atoms with Gasteiger partial charge in [-0.05, 0) is 43.3 Å². The van der Waals surface area contributed by atoms with E-state index < -0.39 is 29.2 Å². The molecule has 0 amide bonds. The molecule has 0 aliphatic heterocycles. The van der Waals surface area contributed by atoms with Crippen LogP contribution in [0.2, 0.25) is 0 Å². The minimum Gasteiger partial charge on any atom is -0.497 e. The Morgan fingerprint density at radius 3 is 2.30 bits per heavy atom. The molecule has 2 aromatic carbocycles. The van der Waals surface area contributed by atoms with Crippen molar-refractivity contribution in [1.82, 2.24) is 9.78 Å². The molecule has 0 aliphatic rings. The predicted octanol–water partition coefficient (Wildman–Crippen LogP) is 5.49. The van der Waals surface area contributed by atoms with Gasteiger partial charge in [0.05, 0.1) is 25.1 Å². The summed E-state index contributed by atoms with van der Waals surface area (Å²) >= 11 is 0. The van der Waals surface area contributed by atoms with Crippen molar-refractivity contribution in [3.63, 3.8) is 0 Å². The molecule has 30 heavy (non-hydrogen) atoms. The largest absolute Gasteiger partial charge is 0.497 e. The van der Waals surface area contributed by atoms with Crippen LogP contribution < -0.4 is 4.74 Å². The van der Waals surface area contributed by atoms with Crippen molar-refractivity contribution >= 4 is 17.3 Å². The summed E-state index contributed by atoms with van der Waals surface area (Å²) in [6, 6.07) is 14.1. The monoisotopic (exact) mass is 418 g/mol. The molecule has 3 rings (SSSR count). The Morgan fingerprint density at radius 2 is 1.73 bits per heavy atom. The first kappa shape index (κ1) is 21.0. The van der Waals surface area contributed by atoms with Crippen LogP contribution in [0.4, 0.5) is 24.5 Å². The minimum atomic E-state index is -4.87. The number of halogens is 3. The summed E-state index contributed by atoms with van der Waals surface area (Å²) in [7, 11) is 1.48. The van der Waals surface area contributed by atoms with Gasteiger partial charge in [-0.25, -0.2) is 9.48 Å². The Morgan fingerprint density at radius 1 is 1.07 bits per heavy atom. The number of azo groups is 1. The first-order chi connectivity index (χ1) is 14.3. The van der Waals surface area contributed by atoms with E-state index in [0.717, 1.165) is 4.68 Å². The molecule has 1 aromatic heterocycles. The van der Waals surface area contributed by atoms with Crippen molar-refractivity contribution in [3.05, 3.63) is 66.0 Å². The van der Waals surface area contributed by atoms with Crippen LogP contribution in [0.1, 0.15) is 23.1 Å². The van der Waals surface area contributed by atoms with Gasteiger partial charge < -0.3 is 9.47 Å². The maximum atomic E-state index is 13.7. The van der Waals surface area contributed by atoms with Crippen molar-refractivity contribution < 1.29 is 27.4 Å². The number of carbonyl (C=O) groups excluding carboxylic acids is 1. The molecule has 0 atom stereocenters. The highest BCUT2D eigenvalue weighted by atomic mass is 19.4. The zero-order chi connectivity index (χ0) is 21.7. The average Bonchev–Trinajstić information content (AvgIpc) is 3.13. The molecular weight excluding hydrogens is 401 g/mol. The third kappa shape index (κ3) is 4.48. The molecule has 0 saturated carbocycles. The summed E-state index contributed by atoms with van der Waals surface area (Å²) in [4.78, 5) is 12.5. The Labute approximate surface area is 169 Å². The molecule has 0 fully saturated rings. The van der Waals surface area contributed by atoms with E-state index in [2.05, 4.69) is 15.3 Å². The van der Waals surface area contributed by atoms with E-state index in [1.165, 1.54) is 31.4 Å². The quantitative estimate of drug-likeness (QED) is 0.392. The zero-order valence-electron chi connectivity index (χ0n) is 16.1. The Kier molecular flexibility index (Phi) is 6.14. The fraction of sp³-hybridized carbons (Fsp3) is 0.200. The van der Waals surface area contributed by atoms with Gasteiger partial charge in [0, 0.05) is 0 Å². The van der Waals surface area contributed by atoms with Crippen molar-refractivity contribution in [3.8, 4) is 11.4 Å². The Bertz CT molecular complexity index is 1050. The lowest BCUT2D eigenvalue weighted by atomic mass is 10.2. The van der Waals surface area contributed by atoms with Crippen LogP contribution in [0.15, 0.2) is 64.8 Å². The highest BCUT2D eigenvalue weighted by Gasteiger charge is 2.42. The normalized spacial score (nSPS) is 11.6. The topological polar surface area (TPSA) is 78.1 Å². The molecule has 0 radical (unpaired) electrons. The fourth-order valence-corrected chi connectivity index (χ4v) is 2.59. The first-order valence-corrected chi connectivity index (χ1v) is 8.83. The average molecular weight is 418 g/mol. The van der Waals surface area contributed by atoms with Gasteiger partial charge in [0.15, 0.2) is 17.1 Å². The highest BCUT2D eigenvalue weighted by Crippen LogP contribution is 2.39.